The number of nitrogens with zero attached hydrogens (tertiary/aromatic N) is 3. The number of ether oxygens (including phenoxy) is 1. The molecule has 0 atom stereocenters. The van der Waals surface area contributed by atoms with Crippen molar-refractivity contribution in [2.75, 3.05) is 13.7 Å². The highest BCUT2D eigenvalue weighted by atomic mass is 127. The van der Waals surface area contributed by atoms with Crippen LogP contribution in [0.4, 0.5) is 13.2 Å². The van der Waals surface area contributed by atoms with Gasteiger partial charge in [-0.2, -0.15) is 18.3 Å². The molecule has 0 fully saturated rings. The third-order valence-corrected chi connectivity index (χ3v) is 3.64. The summed E-state index contributed by atoms with van der Waals surface area (Å²) in [6.45, 7) is 1.27. The van der Waals surface area contributed by atoms with Gasteiger partial charge in [0.15, 0.2) is 12.6 Å². The van der Waals surface area contributed by atoms with E-state index < -0.39 is 12.8 Å². The second kappa shape index (κ2) is 10.4. The number of halogens is 4. The molecular weight excluding hydrogens is 474 g/mol. The molecule has 0 amide bonds. The summed E-state index contributed by atoms with van der Waals surface area (Å²) in [4.78, 5) is 4.11. The number of alkyl halides is 3. The molecule has 0 saturated heterocycles. The molecule has 2 rings (SSSR count). The van der Waals surface area contributed by atoms with Crippen LogP contribution in [0.2, 0.25) is 0 Å². The van der Waals surface area contributed by atoms with Gasteiger partial charge in [-0.15, -0.1) is 24.0 Å². The van der Waals surface area contributed by atoms with Gasteiger partial charge in [-0.1, -0.05) is 12.1 Å². The number of aliphatic imine (C=N–C) groups is 1. The molecule has 1 heterocycles. The van der Waals surface area contributed by atoms with Gasteiger partial charge in [0, 0.05) is 32.4 Å². The summed E-state index contributed by atoms with van der Waals surface area (Å²) in [7, 11) is 3.46. The molecule has 0 radical (unpaired) electrons. The molecule has 0 aliphatic carbocycles. The number of hydrogen-bond acceptors (Lipinski definition) is 3. The number of aryl methyl sites for hydroxylation is 2. The van der Waals surface area contributed by atoms with E-state index in [9.17, 15) is 13.2 Å². The van der Waals surface area contributed by atoms with Crippen LogP contribution in [0.5, 0.6) is 5.75 Å². The average Bonchev–Trinajstić information content (AvgIpc) is 2.99. The highest BCUT2D eigenvalue weighted by molar-refractivity contribution is 14.0. The molecule has 2 N–H and O–H groups in total. The number of hydrogen-bond donors (Lipinski definition) is 2. The first-order chi connectivity index (χ1) is 12.3. The molecule has 2 aromatic rings. The van der Waals surface area contributed by atoms with Crippen molar-refractivity contribution in [3.63, 3.8) is 0 Å². The van der Waals surface area contributed by atoms with E-state index in [4.69, 9.17) is 4.74 Å². The molecule has 1 aromatic carbocycles. The maximum atomic E-state index is 12.4. The molecule has 0 bridgehead atoms. The summed E-state index contributed by atoms with van der Waals surface area (Å²) in [6, 6.07) is 7.03. The predicted octanol–water partition coefficient (Wildman–Crippen LogP) is 3.15. The molecule has 0 saturated carbocycles. The molecule has 0 spiro atoms. The lowest BCUT2D eigenvalue weighted by atomic mass is 10.1. The first kappa shape index (κ1) is 23.1. The summed E-state index contributed by atoms with van der Waals surface area (Å²) in [5.74, 6) is 0.727. The normalized spacial score (nSPS) is 11.7. The Morgan fingerprint density at radius 2 is 1.93 bits per heavy atom. The van der Waals surface area contributed by atoms with Gasteiger partial charge in [-0.3, -0.25) is 9.67 Å². The highest BCUT2D eigenvalue weighted by Gasteiger charge is 2.28. The Balaban J connectivity index is 0.00000364. The predicted molar refractivity (Wildman–Crippen MR) is 108 cm³/mol. The molecule has 150 valence electrons. The van der Waals surface area contributed by atoms with Gasteiger partial charge in [-0.05, 0) is 24.6 Å². The van der Waals surface area contributed by atoms with Crippen molar-refractivity contribution in [3.05, 3.63) is 47.3 Å². The van der Waals surface area contributed by atoms with Crippen molar-refractivity contribution < 1.29 is 17.9 Å². The fourth-order valence-electron chi connectivity index (χ4n) is 2.25. The zero-order chi connectivity index (χ0) is 19.2. The smallest absolute Gasteiger partial charge is 0.422 e. The van der Waals surface area contributed by atoms with E-state index in [1.165, 1.54) is 0 Å². The van der Waals surface area contributed by atoms with E-state index in [2.05, 4.69) is 20.7 Å². The van der Waals surface area contributed by atoms with Gasteiger partial charge in [0.25, 0.3) is 0 Å². The summed E-state index contributed by atoms with van der Waals surface area (Å²) >= 11 is 0. The van der Waals surface area contributed by atoms with E-state index >= 15 is 0 Å². The largest absolute Gasteiger partial charge is 0.484 e. The SMILES string of the molecule is CN=C(NCc1ccc(C)cc1OCC(F)(F)F)NCc1ccnn1C.I. The van der Waals surface area contributed by atoms with Crippen LogP contribution in [-0.4, -0.2) is 35.6 Å². The minimum absolute atomic E-state index is 0. The molecular formula is C17H23F3IN5O. The minimum Gasteiger partial charge on any atom is -0.484 e. The van der Waals surface area contributed by atoms with Gasteiger partial charge in [-0.25, -0.2) is 0 Å². The highest BCUT2D eigenvalue weighted by Crippen LogP contribution is 2.23. The lowest BCUT2D eigenvalue weighted by Gasteiger charge is -2.16. The van der Waals surface area contributed by atoms with Crippen molar-refractivity contribution in [3.8, 4) is 5.75 Å². The lowest BCUT2D eigenvalue weighted by Crippen LogP contribution is -2.36. The van der Waals surface area contributed by atoms with E-state index in [1.54, 1.807) is 37.0 Å². The van der Waals surface area contributed by atoms with Crippen LogP contribution in [0.25, 0.3) is 0 Å². The van der Waals surface area contributed by atoms with Gasteiger partial charge in [0.05, 0.1) is 12.2 Å². The third kappa shape index (κ3) is 7.65. The minimum atomic E-state index is -4.38. The van der Waals surface area contributed by atoms with Crippen LogP contribution in [0.1, 0.15) is 16.8 Å². The molecule has 0 aliphatic heterocycles. The zero-order valence-corrected chi connectivity index (χ0v) is 17.6. The van der Waals surface area contributed by atoms with E-state index in [1.807, 2.05) is 19.2 Å². The van der Waals surface area contributed by atoms with Crippen LogP contribution >= 0.6 is 24.0 Å². The van der Waals surface area contributed by atoms with Crippen molar-refractivity contribution in [2.45, 2.75) is 26.2 Å². The zero-order valence-electron chi connectivity index (χ0n) is 15.3. The average molecular weight is 497 g/mol. The number of benzene rings is 1. The quantitative estimate of drug-likeness (QED) is 0.366. The van der Waals surface area contributed by atoms with Crippen LogP contribution in [0.3, 0.4) is 0 Å². The Kier molecular flexibility index (Phi) is 8.86. The van der Waals surface area contributed by atoms with Gasteiger partial charge in [0.2, 0.25) is 0 Å². The van der Waals surface area contributed by atoms with Crippen LogP contribution < -0.4 is 15.4 Å². The topological polar surface area (TPSA) is 63.5 Å². The molecule has 0 aliphatic rings. The fraction of sp³-hybridized carbons (Fsp3) is 0.412. The van der Waals surface area contributed by atoms with Crippen molar-refractivity contribution in [1.29, 1.82) is 0 Å². The Labute approximate surface area is 173 Å². The second-order valence-electron chi connectivity index (χ2n) is 5.74. The van der Waals surface area contributed by atoms with E-state index in [0.29, 0.717) is 18.1 Å². The summed E-state index contributed by atoms with van der Waals surface area (Å²) in [5, 5.41) is 10.3. The van der Waals surface area contributed by atoms with Crippen LogP contribution in [0.15, 0.2) is 35.5 Å². The van der Waals surface area contributed by atoms with Crippen LogP contribution in [-0.2, 0) is 20.1 Å². The fourth-order valence-corrected chi connectivity index (χ4v) is 2.25. The Morgan fingerprint density at radius 1 is 1.22 bits per heavy atom. The number of guanidine groups is 1. The molecule has 10 heteroatoms. The van der Waals surface area contributed by atoms with Crippen molar-refractivity contribution in [1.82, 2.24) is 20.4 Å². The molecule has 0 unspecified atom stereocenters. The Hall–Kier alpha value is -1.98. The van der Waals surface area contributed by atoms with Gasteiger partial charge >= 0.3 is 6.18 Å². The van der Waals surface area contributed by atoms with Gasteiger partial charge in [0.1, 0.15) is 5.75 Å². The molecule has 1 aromatic heterocycles. The van der Waals surface area contributed by atoms with Crippen LogP contribution in [0, 0.1) is 6.92 Å². The van der Waals surface area contributed by atoms with E-state index in [0.717, 1.165) is 11.3 Å². The number of nitrogens with one attached hydrogen (secondary N) is 2. The second-order valence-corrected chi connectivity index (χ2v) is 5.74. The monoisotopic (exact) mass is 497 g/mol. The number of aromatic nitrogens is 2. The first-order valence-corrected chi connectivity index (χ1v) is 7.99. The Bertz CT molecular complexity index is 761. The van der Waals surface area contributed by atoms with Gasteiger partial charge < -0.3 is 15.4 Å². The summed E-state index contributed by atoms with van der Waals surface area (Å²) in [6.07, 6.45) is -2.68. The lowest BCUT2D eigenvalue weighted by molar-refractivity contribution is -0.153. The maximum Gasteiger partial charge on any atom is 0.422 e. The molecule has 6 nitrogen and oxygen atoms in total. The standard InChI is InChI=1S/C17H22F3N5O.HI/c1-12-4-5-13(15(8-12)26-11-17(18,19)20)9-22-16(21-2)23-10-14-6-7-24-25(14)3;/h4-8H,9-11H2,1-3H3,(H2,21,22,23);1H. The van der Waals surface area contributed by atoms with E-state index in [-0.39, 0.29) is 36.3 Å². The first-order valence-electron chi connectivity index (χ1n) is 7.99. The maximum absolute atomic E-state index is 12.4. The Morgan fingerprint density at radius 3 is 2.52 bits per heavy atom. The molecule has 27 heavy (non-hydrogen) atoms. The van der Waals surface area contributed by atoms with Crippen molar-refractivity contribution in [2.24, 2.45) is 12.0 Å². The summed E-state index contributed by atoms with van der Waals surface area (Å²) < 4.78 is 44.0. The summed E-state index contributed by atoms with van der Waals surface area (Å²) in [5.41, 5.74) is 2.41. The third-order valence-electron chi connectivity index (χ3n) is 3.64. The number of rotatable bonds is 6. The van der Waals surface area contributed by atoms with Crippen molar-refractivity contribution >= 4 is 29.9 Å².